The van der Waals surface area contributed by atoms with E-state index in [0.29, 0.717) is 0 Å². The second-order valence-electron chi connectivity index (χ2n) is 2.75. The van der Waals surface area contributed by atoms with Gasteiger partial charge in [0.2, 0.25) is 0 Å². The van der Waals surface area contributed by atoms with Crippen LogP contribution in [0.5, 0.6) is 0 Å². The zero-order valence-corrected chi connectivity index (χ0v) is 7.28. The van der Waals surface area contributed by atoms with E-state index in [-0.39, 0.29) is 6.29 Å². The molecule has 0 heterocycles. The third kappa shape index (κ3) is 2.74. The number of carboxylic acid groups (broad SMARTS) is 3. The highest BCUT2D eigenvalue weighted by atomic mass is 16.4. The lowest BCUT2D eigenvalue weighted by atomic mass is 9.85. The summed E-state index contributed by atoms with van der Waals surface area (Å²) in [6, 6.07) is 0. The van der Waals surface area contributed by atoms with E-state index >= 15 is 0 Å². The van der Waals surface area contributed by atoms with Gasteiger partial charge in [-0.3, -0.25) is 9.59 Å². The molecule has 0 rings (SSSR count). The minimum absolute atomic E-state index is 0.320. The van der Waals surface area contributed by atoms with Crippen molar-refractivity contribution in [1.29, 1.82) is 0 Å². The molecule has 15 heavy (non-hydrogen) atoms. The Morgan fingerprint density at radius 1 is 1.20 bits per heavy atom. The Labute approximate surface area is 82.8 Å². The van der Waals surface area contributed by atoms with Crippen molar-refractivity contribution in [3.8, 4) is 0 Å². The molecule has 8 heteroatoms. The second-order valence-corrected chi connectivity index (χ2v) is 2.75. The number of carbonyl (C=O) groups excluding carboxylic acids is 1. The summed E-state index contributed by atoms with van der Waals surface area (Å²) in [6.07, 6.45) is -1.70. The summed E-state index contributed by atoms with van der Waals surface area (Å²) >= 11 is 0. The maximum atomic E-state index is 10.5. The van der Waals surface area contributed by atoms with Crippen molar-refractivity contribution in [2.75, 3.05) is 0 Å². The van der Waals surface area contributed by atoms with E-state index in [0.717, 1.165) is 0 Å². The quantitative estimate of drug-likeness (QED) is 0.301. The number of carboxylic acids is 3. The molecular weight excluding hydrogens is 212 g/mol. The molecule has 2 unspecified atom stereocenters. The molecular formula is C7H8O8. The predicted molar refractivity (Wildman–Crippen MR) is 42.0 cm³/mol. The topological polar surface area (TPSA) is 149 Å². The number of rotatable bonds is 6. The predicted octanol–water partition coefficient (Wildman–Crippen LogP) is -1.82. The molecule has 0 fully saturated rings. The lowest BCUT2D eigenvalue weighted by molar-refractivity contribution is -0.178. The lowest BCUT2D eigenvalue weighted by Crippen LogP contribution is -2.51. The average molecular weight is 220 g/mol. The lowest BCUT2D eigenvalue weighted by Gasteiger charge is -2.24. The van der Waals surface area contributed by atoms with Gasteiger partial charge in [0.25, 0.3) is 0 Å². The monoisotopic (exact) mass is 220 g/mol. The van der Waals surface area contributed by atoms with Gasteiger partial charge in [-0.05, 0) is 0 Å². The summed E-state index contributed by atoms with van der Waals surface area (Å²) in [6.45, 7) is 0. The molecule has 0 aliphatic rings. The van der Waals surface area contributed by atoms with E-state index in [9.17, 15) is 24.3 Å². The highest BCUT2D eigenvalue weighted by Gasteiger charge is 2.50. The Bertz CT molecular complexity index is 308. The van der Waals surface area contributed by atoms with Crippen molar-refractivity contribution in [1.82, 2.24) is 0 Å². The van der Waals surface area contributed by atoms with E-state index in [4.69, 9.17) is 15.3 Å². The van der Waals surface area contributed by atoms with E-state index < -0.39 is 35.8 Å². The van der Waals surface area contributed by atoms with Crippen LogP contribution in [0.25, 0.3) is 0 Å². The SMILES string of the molecule is O=CC(C(=O)O)C(O)(CC(=O)O)C(=O)O. The van der Waals surface area contributed by atoms with Crippen LogP contribution in [0.3, 0.4) is 0 Å². The fourth-order valence-electron chi connectivity index (χ4n) is 0.924. The van der Waals surface area contributed by atoms with E-state index in [1.54, 1.807) is 0 Å². The van der Waals surface area contributed by atoms with Gasteiger partial charge in [-0.15, -0.1) is 0 Å². The minimum Gasteiger partial charge on any atom is -0.481 e. The van der Waals surface area contributed by atoms with Crippen molar-refractivity contribution in [2.24, 2.45) is 5.92 Å². The Morgan fingerprint density at radius 2 is 1.67 bits per heavy atom. The first kappa shape index (κ1) is 13.0. The van der Waals surface area contributed by atoms with Gasteiger partial charge < -0.3 is 25.2 Å². The molecule has 0 aliphatic carbocycles. The van der Waals surface area contributed by atoms with E-state index in [1.807, 2.05) is 0 Å². The number of hydrogen-bond donors (Lipinski definition) is 4. The molecule has 0 amide bonds. The number of aldehydes is 1. The maximum absolute atomic E-state index is 10.5. The van der Waals surface area contributed by atoms with Crippen molar-refractivity contribution in [3.05, 3.63) is 0 Å². The Hall–Kier alpha value is -1.96. The zero-order chi connectivity index (χ0) is 12.2. The van der Waals surface area contributed by atoms with Crippen molar-refractivity contribution < 1.29 is 39.6 Å². The summed E-state index contributed by atoms with van der Waals surface area (Å²) in [5.74, 6) is -8.04. The first-order chi connectivity index (χ1) is 6.75. The third-order valence-electron chi connectivity index (χ3n) is 1.71. The largest absolute Gasteiger partial charge is 0.481 e. The van der Waals surface area contributed by atoms with Crippen molar-refractivity contribution in [2.45, 2.75) is 12.0 Å². The summed E-state index contributed by atoms with van der Waals surface area (Å²) in [5.41, 5.74) is -3.14. The van der Waals surface area contributed by atoms with Gasteiger partial charge in [0, 0.05) is 0 Å². The fraction of sp³-hybridized carbons (Fsp3) is 0.429. The van der Waals surface area contributed by atoms with Gasteiger partial charge in [0.05, 0.1) is 6.42 Å². The summed E-state index contributed by atoms with van der Waals surface area (Å²) in [7, 11) is 0. The van der Waals surface area contributed by atoms with Crippen LogP contribution in [0, 0.1) is 5.92 Å². The van der Waals surface area contributed by atoms with Crippen molar-refractivity contribution >= 4 is 24.2 Å². The first-order valence-electron chi connectivity index (χ1n) is 3.61. The van der Waals surface area contributed by atoms with Crippen LogP contribution in [0.4, 0.5) is 0 Å². The van der Waals surface area contributed by atoms with Crippen LogP contribution >= 0.6 is 0 Å². The van der Waals surface area contributed by atoms with Gasteiger partial charge in [-0.2, -0.15) is 0 Å². The summed E-state index contributed by atoms with van der Waals surface area (Å²) < 4.78 is 0. The smallest absolute Gasteiger partial charge is 0.337 e. The standard InChI is InChI=1S/C7H8O8/c8-2-3(5(11)12)7(15,6(13)14)1-4(9)10/h2-3,15H,1H2,(H,9,10)(H,11,12)(H,13,14). The fourth-order valence-corrected chi connectivity index (χ4v) is 0.924. The summed E-state index contributed by atoms with van der Waals surface area (Å²) in [4.78, 5) is 41.5. The molecule has 0 radical (unpaired) electrons. The molecule has 4 N–H and O–H groups in total. The van der Waals surface area contributed by atoms with Crippen LogP contribution in [0.1, 0.15) is 6.42 Å². The molecule has 8 nitrogen and oxygen atoms in total. The van der Waals surface area contributed by atoms with Gasteiger partial charge in [-0.1, -0.05) is 0 Å². The number of carbonyl (C=O) groups is 4. The van der Waals surface area contributed by atoms with E-state index in [1.165, 1.54) is 0 Å². The molecule has 0 aromatic heterocycles. The molecule has 0 aliphatic heterocycles. The van der Waals surface area contributed by atoms with Crippen molar-refractivity contribution in [3.63, 3.8) is 0 Å². The third-order valence-corrected chi connectivity index (χ3v) is 1.71. The Balaban J connectivity index is 5.24. The zero-order valence-electron chi connectivity index (χ0n) is 7.28. The van der Waals surface area contributed by atoms with Crippen LogP contribution in [0.15, 0.2) is 0 Å². The highest BCUT2D eigenvalue weighted by Crippen LogP contribution is 2.21. The normalized spacial score (nSPS) is 16.1. The molecule has 0 spiro atoms. The molecule has 84 valence electrons. The van der Waals surface area contributed by atoms with Gasteiger partial charge in [0.1, 0.15) is 6.29 Å². The Kier molecular flexibility index (Phi) is 3.92. The van der Waals surface area contributed by atoms with Crippen LogP contribution < -0.4 is 0 Å². The first-order valence-corrected chi connectivity index (χ1v) is 3.61. The second kappa shape index (κ2) is 4.51. The van der Waals surface area contributed by atoms with Crippen LogP contribution in [-0.4, -0.2) is 50.2 Å². The molecule has 2 atom stereocenters. The molecule has 0 saturated heterocycles. The van der Waals surface area contributed by atoms with Crippen LogP contribution in [0.2, 0.25) is 0 Å². The maximum Gasteiger partial charge on any atom is 0.337 e. The minimum atomic E-state index is -3.14. The Morgan fingerprint density at radius 3 is 1.87 bits per heavy atom. The van der Waals surface area contributed by atoms with Crippen LogP contribution in [-0.2, 0) is 19.2 Å². The molecule has 0 saturated carbocycles. The number of aliphatic hydroxyl groups is 1. The number of aliphatic carboxylic acids is 3. The van der Waals surface area contributed by atoms with Gasteiger partial charge in [0.15, 0.2) is 11.5 Å². The molecule has 0 bridgehead atoms. The average Bonchev–Trinajstić information content (AvgIpc) is 2.02. The summed E-state index contributed by atoms with van der Waals surface area (Å²) in [5, 5.41) is 34.5. The van der Waals surface area contributed by atoms with E-state index in [2.05, 4.69) is 0 Å². The van der Waals surface area contributed by atoms with Gasteiger partial charge >= 0.3 is 17.9 Å². The van der Waals surface area contributed by atoms with Gasteiger partial charge in [-0.25, -0.2) is 4.79 Å². The number of hydrogen-bond acceptors (Lipinski definition) is 5. The highest BCUT2D eigenvalue weighted by molar-refractivity contribution is 5.97. The molecule has 0 aromatic rings. The molecule has 0 aromatic carbocycles.